The molecule has 0 saturated carbocycles. The molecule has 0 aliphatic heterocycles. The first-order chi connectivity index (χ1) is 11.3. The van der Waals surface area contributed by atoms with Crippen molar-refractivity contribution in [2.24, 2.45) is 5.10 Å². The fourth-order valence-corrected chi connectivity index (χ4v) is 2.07. The molecule has 116 valence electrons. The Kier molecular flexibility index (Phi) is 4.28. The number of rotatable bonds is 5. The average molecular weight is 309 g/mol. The number of hydrazone groups is 1. The second kappa shape index (κ2) is 6.69. The zero-order valence-corrected chi connectivity index (χ0v) is 12.5. The van der Waals surface area contributed by atoms with Crippen LogP contribution in [0.5, 0.6) is 5.75 Å². The molecule has 3 aromatic rings. The van der Waals surface area contributed by atoms with Gasteiger partial charge in [-0.3, -0.25) is 4.79 Å². The zero-order chi connectivity index (χ0) is 16.1. The quantitative estimate of drug-likeness (QED) is 0.573. The molecule has 1 amide bonds. The normalized spacial score (nSPS) is 11.0. The van der Waals surface area contributed by atoms with Gasteiger partial charge in [0.2, 0.25) is 0 Å². The van der Waals surface area contributed by atoms with E-state index in [4.69, 9.17) is 4.74 Å². The van der Waals surface area contributed by atoms with Crippen LogP contribution in [-0.2, 0) is 11.3 Å². The highest BCUT2D eigenvalue weighted by Crippen LogP contribution is 2.10. The standard InChI is InChI=1S/C16H15N5O2/c1-23-13-8-6-12(7-9-13)10-17-19-16(22)11-21-15-5-3-2-4-14(15)18-20-21/h2-10H,11H2,1H3,(H,19,22)/b17-10+. The lowest BCUT2D eigenvalue weighted by molar-refractivity contribution is -0.121. The van der Waals surface area contributed by atoms with Crippen LogP contribution in [0, 0.1) is 0 Å². The van der Waals surface area contributed by atoms with Gasteiger partial charge < -0.3 is 4.74 Å². The summed E-state index contributed by atoms with van der Waals surface area (Å²) in [5.74, 6) is 0.495. The molecule has 0 unspecified atom stereocenters. The molecule has 7 nitrogen and oxygen atoms in total. The molecule has 0 aliphatic rings. The highest BCUT2D eigenvalue weighted by atomic mass is 16.5. The van der Waals surface area contributed by atoms with Gasteiger partial charge in [-0.25, -0.2) is 10.1 Å². The molecule has 0 spiro atoms. The molecule has 1 N–H and O–H groups in total. The first kappa shape index (κ1) is 14.7. The maximum absolute atomic E-state index is 11.9. The van der Waals surface area contributed by atoms with Gasteiger partial charge in [-0.15, -0.1) is 5.10 Å². The molecule has 0 saturated heterocycles. The molecular formula is C16H15N5O2. The number of aromatic nitrogens is 3. The van der Waals surface area contributed by atoms with Crippen LogP contribution < -0.4 is 10.2 Å². The van der Waals surface area contributed by atoms with Gasteiger partial charge in [0.05, 0.1) is 18.8 Å². The third-order valence-corrected chi connectivity index (χ3v) is 3.23. The number of nitrogens with one attached hydrogen (secondary N) is 1. The molecule has 7 heteroatoms. The van der Waals surface area contributed by atoms with E-state index in [9.17, 15) is 4.79 Å². The number of amides is 1. The van der Waals surface area contributed by atoms with Crippen molar-refractivity contribution in [3.63, 3.8) is 0 Å². The van der Waals surface area contributed by atoms with Crippen LogP contribution in [0.2, 0.25) is 0 Å². The Morgan fingerprint density at radius 1 is 1.26 bits per heavy atom. The Morgan fingerprint density at radius 2 is 2.04 bits per heavy atom. The van der Waals surface area contributed by atoms with Crippen molar-refractivity contribution in [2.75, 3.05) is 7.11 Å². The van der Waals surface area contributed by atoms with Gasteiger partial charge in [0.25, 0.3) is 5.91 Å². The number of ether oxygens (including phenoxy) is 1. The Labute approximate surface area is 132 Å². The van der Waals surface area contributed by atoms with E-state index in [0.717, 1.165) is 22.3 Å². The minimum absolute atomic E-state index is 0.0560. The van der Waals surface area contributed by atoms with Crippen LogP contribution in [0.15, 0.2) is 53.6 Å². The number of hydrogen-bond acceptors (Lipinski definition) is 5. The van der Waals surface area contributed by atoms with E-state index < -0.39 is 0 Å². The predicted molar refractivity (Wildman–Crippen MR) is 86.3 cm³/mol. The number of carbonyl (C=O) groups is 1. The van der Waals surface area contributed by atoms with Crippen LogP contribution in [0.1, 0.15) is 5.56 Å². The highest BCUT2D eigenvalue weighted by molar-refractivity contribution is 5.83. The molecule has 0 aliphatic carbocycles. The monoisotopic (exact) mass is 309 g/mol. The van der Waals surface area contributed by atoms with Gasteiger partial charge >= 0.3 is 0 Å². The van der Waals surface area contributed by atoms with Crippen molar-refractivity contribution in [3.05, 3.63) is 54.1 Å². The summed E-state index contributed by atoms with van der Waals surface area (Å²) in [4.78, 5) is 11.9. The van der Waals surface area contributed by atoms with Crippen LogP contribution in [0.3, 0.4) is 0 Å². The maximum Gasteiger partial charge on any atom is 0.261 e. The largest absolute Gasteiger partial charge is 0.497 e. The molecule has 1 aromatic heterocycles. The Morgan fingerprint density at radius 3 is 2.83 bits per heavy atom. The van der Waals surface area contributed by atoms with Crippen LogP contribution in [0.4, 0.5) is 0 Å². The fourth-order valence-electron chi connectivity index (χ4n) is 2.07. The highest BCUT2D eigenvalue weighted by Gasteiger charge is 2.07. The lowest BCUT2D eigenvalue weighted by Crippen LogP contribution is -2.23. The van der Waals surface area contributed by atoms with Gasteiger partial charge in [0.1, 0.15) is 17.8 Å². The van der Waals surface area contributed by atoms with E-state index in [1.807, 2.05) is 48.5 Å². The van der Waals surface area contributed by atoms with Crippen molar-refractivity contribution < 1.29 is 9.53 Å². The van der Waals surface area contributed by atoms with Crippen molar-refractivity contribution in [2.45, 2.75) is 6.54 Å². The number of methoxy groups -OCH3 is 1. The summed E-state index contributed by atoms with van der Waals surface area (Å²) in [6.07, 6.45) is 1.57. The van der Waals surface area contributed by atoms with Crippen LogP contribution in [0.25, 0.3) is 11.0 Å². The smallest absolute Gasteiger partial charge is 0.261 e. The lowest BCUT2D eigenvalue weighted by Gasteiger charge is -2.01. The molecule has 0 atom stereocenters. The first-order valence-corrected chi connectivity index (χ1v) is 7.00. The number of para-hydroxylation sites is 1. The summed E-state index contributed by atoms with van der Waals surface area (Å²) in [7, 11) is 1.61. The molecule has 0 fully saturated rings. The zero-order valence-electron chi connectivity index (χ0n) is 12.5. The van der Waals surface area contributed by atoms with E-state index in [1.165, 1.54) is 4.68 Å². The number of hydrogen-bond donors (Lipinski definition) is 1. The predicted octanol–water partition coefficient (Wildman–Crippen LogP) is 1.59. The molecule has 0 radical (unpaired) electrons. The molecule has 23 heavy (non-hydrogen) atoms. The summed E-state index contributed by atoms with van der Waals surface area (Å²) < 4.78 is 6.61. The van der Waals surface area contributed by atoms with E-state index >= 15 is 0 Å². The molecular weight excluding hydrogens is 294 g/mol. The van der Waals surface area contributed by atoms with Crippen molar-refractivity contribution in [1.29, 1.82) is 0 Å². The second-order valence-corrected chi connectivity index (χ2v) is 4.80. The van der Waals surface area contributed by atoms with Crippen molar-refractivity contribution in [1.82, 2.24) is 20.4 Å². The minimum Gasteiger partial charge on any atom is -0.497 e. The SMILES string of the molecule is COc1ccc(/C=N/NC(=O)Cn2nnc3ccccc32)cc1. The number of nitrogens with zero attached hydrogens (tertiary/aromatic N) is 4. The van der Waals surface area contributed by atoms with Gasteiger partial charge in [-0.1, -0.05) is 17.3 Å². The maximum atomic E-state index is 11.9. The Hall–Kier alpha value is -3.22. The summed E-state index contributed by atoms with van der Waals surface area (Å²) >= 11 is 0. The molecule has 1 heterocycles. The number of benzene rings is 2. The first-order valence-electron chi connectivity index (χ1n) is 7.00. The van der Waals surface area contributed by atoms with Gasteiger partial charge in [-0.05, 0) is 42.0 Å². The average Bonchev–Trinajstić information content (AvgIpc) is 2.99. The van der Waals surface area contributed by atoms with Gasteiger partial charge in [0.15, 0.2) is 0 Å². The van der Waals surface area contributed by atoms with Crippen molar-refractivity contribution >= 4 is 23.2 Å². The van der Waals surface area contributed by atoms with E-state index in [-0.39, 0.29) is 12.5 Å². The summed E-state index contributed by atoms with van der Waals surface area (Å²) in [5, 5.41) is 11.9. The summed E-state index contributed by atoms with van der Waals surface area (Å²) in [6, 6.07) is 14.8. The van der Waals surface area contributed by atoms with E-state index in [1.54, 1.807) is 13.3 Å². The topological polar surface area (TPSA) is 81.4 Å². The van der Waals surface area contributed by atoms with Crippen molar-refractivity contribution in [3.8, 4) is 5.75 Å². The summed E-state index contributed by atoms with van der Waals surface area (Å²) in [5.41, 5.74) is 4.89. The van der Waals surface area contributed by atoms with Gasteiger partial charge in [0, 0.05) is 0 Å². The molecule has 0 bridgehead atoms. The Balaban J connectivity index is 1.59. The fraction of sp³-hybridized carbons (Fsp3) is 0.125. The lowest BCUT2D eigenvalue weighted by atomic mass is 10.2. The molecule has 2 aromatic carbocycles. The Bertz CT molecular complexity index is 839. The second-order valence-electron chi connectivity index (χ2n) is 4.80. The number of carbonyl (C=O) groups excluding carboxylic acids is 1. The van der Waals surface area contributed by atoms with E-state index in [0.29, 0.717) is 0 Å². The number of fused-ring (bicyclic) bond motifs is 1. The van der Waals surface area contributed by atoms with Crippen LogP contribution >= 0.6 is 0 Å². The molecule has 3 rings (SSSR count). The summed E-state index contributed by atoms with van der Waals surface area (Å²) in [6.45, 7) is 0.0560. The van der Waals surface area contributed by atoms with Gasteiger partial charge in [-0.2, -0.15) is 5.10 Å². The van der Waals surface area contributed by atoms with E-state index in [2.05, 4.69) is 20.8 Å². The minimum atomic E-state index is -0.273. The van der Waals surface area contributed by atoms with Crippen LogP contribution in [-0.4, -0.2) is 34.2 Å². The third-order valence-electron chi connectivity index (χ3n) is 3.23. The third kappa shape index (κ3) is 3.52.